The number of carbonyl (C=O) groups is 2. The van der Waals surface area contributed by atoms with Crippen LogP contribution < -0.4 is 0 Å². The Morgan fingerprint density at radius 1 is 1.33 bits per heavy atom. The number of aliphatic imine (C=N–C) groups is 1. The van der Waals surface area contributed by atoms with Gasteiger partial charge in [0.05, 0.1) is 0 Å². The van der Waals surface area contributed by atoms with E-state index in [0.29, 0.717) is 5.71 Å². The van der Waals surface area contributed by atoms with Crippen molar-refractivity contribution in [2.45, 2.75) is 6.42 Å². The van der Waals surface area contributed by atoms with Gasteiger partial charge in [0.25, 0.3) is 0 Å². The summed E-state index contributed by atoms with van der Waals surface area (Å²) in [6.45, 7) is 0. The number of Topliss-reactive ketones (excluding diaryl/α,β-unsaturated/α-hetero) is 2. The van der Waals surface area contributed by atoms with Gasteiger partial charge in [-0.1, -0.05) is 24.3 Å². The molecule has 2 radical (unpaired) electrons. The summed E-state index contributed by atoms with van der Waals surface area (Å²) >= 11 is 0. The predicted molar refractivity (Wildman–Crippen MR) is 54.1 cm³/mol. The van der Waals surface area contributed by atoms with Gasteiger partial charge in [-0.15, -0.1) is 0 Å². The summed E-state index contributed by atoms with van der Waals surface area (Å²) in [7, 11) is 0. The quantitative estimate of drug-likeness (QED) is 0.583. The first kappa shape index (κ1) is 8.53. The Morgan fingerprint density at radius 2 is 2.20 bits per heavy atom. The molecule has 2 aliphatic carbocycles. The van der Waals surface area contributed by atoms with E-state index in [0.717, 1.165) is 5.57 Å². The topological polar surface area (TPSA) is 46.5 Å². The molecule has 1 heterocycles. The lowest BCUT2D eigenvalue weighted by Crippen LogP contribution is -2.44. The molecule has 0 bridgehead atoms. The zero-order chi connectivity index (χ0) is 10.5. The molecule has 1 unspecified atom stereocenters. The molecule has 1 spiro atoms. The van der Waals surface area contributed by atoms with Crippen molar-refractivity contribution in [2.24, 2.45) is 10.4 Å². The van der Waals surface area contributed by atoms with Crippen molar-refractivity contribution < 1.29 is 9.59 Å². The highest BCUT2D eigenvalue weighted by atomic mass is 16.2. The van der Waals surface area contributed by atoms with Crippen molar-refractivity contribution >= 4 is 17.3 Å². The fourth-order valence-electron chi connectivity index (χ4n) is 2.19. The molecule has 1 aliphatic heterocycles. The molecule has 1 fully saturated rings. The van der Waals surface area contributed by atoms with Crippen molar-refractivity contribution in [3.05, 3.63) is 42.5 Å². The van der Waals surface area contributed by atoms with E-state index in [1.54, 1.807) is 12.3 Å². The van der Waals surface area contributed by atoms with Crippen LogP contribution in [0.4, 0.5) is 0 Å². The molecule has 3 heteroatoms. The van der Waals surface area contributed by atoms with Crippen LogP contribution in [-0.2, 0) is 9.59 Å². The van der Waals surface area contributed by atoms with Crippen molar-refractivity contribution in [3.8, 4) is 0 Å². The second-order valence-corrected chi connectivity index (χ2v) is 3.74. The molecule has 0 aromatic heterocycles. The van der Waals surface area contributed by atoms with Gasteiger partial charge in [0.2, 0.25) is 0 Å². The van der Waals surface area contributed by atoms with Gasteiger partial charge >= 0.3 is 0 Å². The van der Waals surface area contributed by atoms with E-state index in [1.165, 1.54) is 0 Å². The summed E-state index contributed by atoms with van der Waals surface area (Å²) in [6, 6.07) is 0. The van der Waals surface area contributed by atoms with Crippen LogP contribution in [0.2, 0.25) is 0 Å². The molecule has 3 aliphatic rings. The zero-order valence-electron chi connectivity index (χ0n) is 7.86. The van der Waals surface area contributed by atoms with Gasteiger partial charge in [-0.05, 0) is 5.57 Å². The van der Waals surface area contributed by atoms with Gasteiger partial charge in [-0.3, -0.25) is 14.6 Å². The van der Waals surface area contributed by atoms with Gasteiger partial charge in [0.15, 0.2) is 11.6 Å². The molecule has 0 saturated heterocycles. The Hall–Kier alpha value is -1.77. The standard InChI is InChI=1S/C12H7NO2/c14-9-5-10-12(11(15)6-9)4-2-1-3-8(12)7-13-10/h1-4,7H,5H2. The molecule has 1 saturated carbocycles. The largest absolute Gasteiger partial charge is 0.298 e. The number of hydrogen-bond donors (Lipinski definition) is 0. The highest BCUT2D eigenvalue weighted by Crippen LogP contribution is 2.43. The van der Waals surface area contributed by atoms with E-state index in [4.69, 9.17) is 0 Å². The molecule has 0 N–H and O–H groups in total. The monoisotopic (exact) mass is 197 g/mol. The summed E-state index contributed by atoms with van der Waals surface area (Å²) in [5.74, 6) is -0.566. The summed E-state index contributed by atoms with van der Waals surface area (Å²) in [5.41, 5.74) is 0.666. The number of hydrogen-bond acceptors (Lipinski definition) is 3. The van der Waals surface area contributed by atoms with Crippen LogP contribution >= 0.6 is 0 Å². The minimum absolute atomic E-state index is 0.198. The SMILES string of the molecule is O=C1[C]C(=O)C23C=CC=CC2=CN=C3C1. The van der Waals surface area contributed by atoms with E-state index in [1.807, 2.05) is 18.2 Å². The Kier molecular flexibility index (Phi) is 1.49. The van der Waals surface area contributed by atoms with Crippen LogP contribution in [-0.4, -0.2) is 17.3 Å². The van der Waals surface area contributed by atoms with E-state index < -0.39 is 5.41 Å². The maximum absolute atomic E-state index is 11.9. The molecule has 0 amide bonds. The van der Waals surface area contributed by atoms with Gasteiger partial charge in [0, 0.05) is 18.3 Å². The second-order valence-electron chi connectivity index (χ2n) is 3.74. The van der Waals surface area contributed by atoms with Crippen LogP contribution in [0.3, 0.4) is 0 Å². The Labute approximate surface area is 86.9 Å². The third-order valence-electron chi connectivity index (χ3n) is 2.94. The normalized spacial score (nSPS) is 32.3. The van der Waals surface area contributed by atoms with Crippen LogP contribution in [0.15, 0.2) is 41.1 Å². The third kappa shape index (κ3) is 0.923. The van der Waals surface area contributed by atoms with Crippen LogP contribution in [0, 0.1) is 11.8 Å². The second kappa shape index (κ2) is 2.63. The van der Waals surface area contributed by atoms with Gasteiger partial charge < -0.3 is 0 Å². The molecule has 0 aromatic rings. The van der Waals surface area contributed by atoms with E-state index in [-0.39, 0.29) is 18.0 Å². The first-order valence-electron chi connectivity index (χ1n) is 4.71. The van der Waals surface area contributed by atoms with E-state index >= 15 is 0 Å². The van der Waals surface area contributed by atoms with Crippen LogP contribution in [0.25, 0.3) is 0 Å². The number of ketones is 2. The number of carbonyl (C=O) groups excluding carboxylic acids is 2. The Morgan fingerprint density at radius 3 is 3.07 bits per heavy atom. The minimum atomic E-state index is -0.803. The van der Waals surface area contributed by atoms with Gasteiger partial charge in [0.1, 0.15) is 11.8 Å². The minimum Gasteiger partial charge on any atom is -0.298 e. The first-order valence-corrected chi connectivity index (χ1v) is 4.71. The molecule has 15 heavy (non-hydrogen) atoms. The highest BCUT2D eigenvalue weighted by Gasteiger charge is 2.50. The molecular weight excluding hydrogens is 190 g/mol. The molecule has 1 atom stereocenters. The van der Waals surface area contributed by atoms with E-state index in [9.17, 15) is 9.59 Å². The molecule has 3 rings (SSSR count). The fourth-order valence-corrected chi connectivity index (χ4v) is 2.19. The summed E-state index contributed by atoms with van der Waals surface area (Å²) in [5, 5.41) is 0. The maximum atomic E-state index is 11.9. The molecule has 72 valence electrons. The zero-order valence-corrected chi connectivity index (χ0v) is 7.86. The maximum Gasteiger partial charge on any atom is 0.169 e. The Balaban J connectivity index is 2.18. The highest BCUT2D eigenvalue weighted by molar-refractivity contribution is 6.34. The summed E-state index contributed by atoms with van der Waals surface area (Å²) in [6.07, 6.45) is 11.5. The number of rotatable bonds is 0. The average Bonchev–Trinajstić information content (AvgIpc) is 2.59. The van der Waals surface area contributed by atoms with Crippen LogP contribution in [0.1, 0.15) is 6.42 Å². The van der Waals surface area contributed by atoms with E-state index in [2.05, 4.69) is 11.4 Å². The number of allylic oxidation sites excluding steroid dienone is 5. The average molecular weight is 197 g/mol. The molecule has 0 aromatic carbocycles. The third-order valence-corrected chi connectivity index (χ3v) is 2.94. The lowest BCUT2D eigenvalue weighted by atomic mass is 9.66. The van der Waals surface area contributed by atoms with Crippen LogP contribution in [0.5, 0.6) is 0 Å². The van der Waals surface area contributed by atoms with Crippen molar-refractivity contribution in [3.63, 3.8) is 0 Å². The lowest BCUT2D eigenvalue weighted by molar-refractivity contribution is -0.124. The fraction of sp³-hybridized carbons (Fsp3) is 0.167. The molecule has 3 nitrogen and oxygen atoms in total. The van der Waals surface area contributed by atoms with Crippen molar-refractivity contribution in [2.75, 3.05) is 0 Å². The first-order chi connectivity index (χ1) is 7.23. The summed E-state index contributed by atoms with van der Waals surface area (Å²) < 4.78 is 0. The van der Waals surface area contributed by atoms with Gasteiger partial charge in [-0.2, -0.15) is 0 Å². The predicted octanol–water partition coefficient (Wildman–Crippen LogP) is 1.06. The van der Waals surface area contributed by atoms with Crippen molar-refractivity contribution in [1.29, 1.82) is 0 Å². The molecular formula is C12H7NO2. The smallest absolute Gasteiger partial charge is 0.169 e. The number of nitrogens with zero attached hydrogens (tertiary/aromatic N) is 1. The summed E-state index contributed by atoms with van der Waals surface area (Å²) in [4.78, 5) is 27.3. The lowest BCUT2D eigenvalue weighted by Gasteiger charge is -2.32. The van der Waals surface area contributed by atoms with Gasteiger partial charge in [-0.25, -0.2) is 0 Å². The Bertz CT molecular complexity index is 494. The van der Waals surface area contributed by atoms with Crippen molar-refractivity contribution in [1.82, 2.24) is 0 Å².